The van der Waals surface area contributed by atoms with Gasteiger partial charge in [0.1, 0.15) is 5.82 Å². The van der Waals surface area contributed by atoms with Crippen molar-refractivity contribution >= 4 is 45.9 Å². The van der Waals surface area contributed by atoms with Crippen molar-refractivity contribution in [2.75, 3.05) is 13.6 Å². The summed E-state index contributed by atoms with van der Waals surface area (Å²) in [5.74, 6) is 0.493. The number of benzene rings is 2. The quantitative estimate of drug-likeness (QED) is 0.252. The lowest BCUT2D eigenvalue weighted by atomic mass is 10.1. The Morgan fingerprint density at radius 3 is 2.73 bits per heavy atom. The molecule has 0 aliphatic heterocycles. The number of aliphatic imine (C=N–C) groups is 1. The molecule has 26 heavy (non-hydrogen) atoms. The second-order valence-electron chi connectivity index (χ2n) is 5.50. The van der Waals surface area contributed by atoms with Crippen molar-refractivity contribution in [3.63, 3.8) is 0 Å². The molecule has 0 unspecified atom stereocenters. The van der Waals surface area contributed by atoms with Crippen LogP contribution in [0.3, 0.4) is 0 Å². The minimum atomic E-state index is -0.186. The lowest BCUT2D eigenvalue weighted by Crippen LogP contribution is -2.37. The fraction of sp³-hybridized carbons (Fsp3) is 0.263. The van der Waals surface area contributed by atoms with Crippen molar-refractivity contribution in [1.29, 1.82) is 5.26 Å². The highest BCUT2D eigenvalue weighted by Gasteiger charge is 2.03. The Labute approximate surface area is 179 Å². The predicted molar refractivity (Wildman–Crippen MR) is 117 cm³/mol. The number of guanidine groups is 1. The smallest absolute Gasteiger partial charge is 0.191 e. The molecule has 0 aliphatic rings. The van der Waals surface area contributed by atoms with E-state index >= 15 is 0 Å². The molecule has 0 radical (unpaired) electrons. The van der Waals surface area contributed by atoms with E-state index in [2.05, 4.69) is 37.6 Å². The second kappa shape index (κ2) is 11.9. The molecule has 138 valence electrons. The molecule has 4 nitrogen and oxygen atoms in total. The van der Waals surface area contributed by atoms with Gasteiger partial charge in [-0.3, -0.25) is 4.99 Å². The summed E-state index contributed by atoms with van der Waals surface area (Å²) in [6, 6.07) is 14.7. The maximum absolute atomic E-state index is 13.8. The molecule has 2 N–H and O–H groups in total. The van der Waals surface area contributed by atoms with E-state index in [0.717, 1.165) is 16.5 Å². The van der Waals surface area contributed by atoms with Crippen LogP contribution in [0.25, 0.3) is 0 Å². The number of nitriles is 1. The first-order valence-electron chi connectivity index (χ1n) is 8.00. The zero-order valence-electron chi connectivity index (χ0n) is 14.4. The fourth-order valence-electron chi connectivity index (χ4n) is 2.37. The van der Waals surface area contributed by atoms with E-state index in [1.165, 1.54) is 6.07 Å². The van der Waals surface area contributed by atoms with Gasteiger partial charge < -0.3 is 10.6 Å². The van der Waals surface area contributed by atoms with Crippen molar-refractivity contribution in [2.24, 2.45) is 4.99 Å². The molecule has 2 rings (SSSR count). The Balaban J connectivity index is 0.00000338. The lowest BCUT2D eigenvalue weighted by Gasteiger charge is -2.12. The van der Waals surface area contributed by atoms with Gasteiger partial charge in [-0.25, -0.2) is 4.39 Å². The third kappa shape index (κ3) is 7.30. The molecule has 0 saturated heterocycles. The van der Waals surface area contributed by atoms with Gasteiger partial charge in [-0.1, -0.05) is 34.1 Å². The Morgan fingerprint density at radius 1 is 1.23 bits per heavy atom. The van der Waals surface area contributed by atoms with Crippen LogP contribution < -0.4 is 10.6 Å². The Morgan fingerprint density at radius 2 is 2.04 bits per heavy atom. The molecule has 2 aromatic carbocycles. The first kappa shape index (κ1) is 22.4. The van der Waals surface area contributed by atoms with Crippen LogP contribution in [0.4, 0.5) is 4.39 Å². The van der Waals surface area contributed by atoms with Crippen LogP contribution in [0.2, 0.25) is 0 Å². The molecule has 0 bridgehead atoms. The SMILES string of the molecule is CN=C(NCCCc1ccc(Br)cc1F)NCc1cccc(C#N)c1.I. The lowest BCUT2D eigenvalue weighted by molar-refractivity contribution is 0.602. The van der Waals surface area contributed by atoms with Gasteiger partial charge in [0.05, 0.1) is 11.6 Å². The largest absolute Gasteiger partial charge is 0.356 e. The Bertz CT molecular complexity index is 789. The van der Waals surface area contributed by atoms with Crippen LogP contribution >= 0.6 is 39.9 Å². The summed E-state index contributed by atoms with van der Waals surface area (Å²) < 4.78 is 14.5. The van der Waals surface area contributed by atoms with E-state index in [4.69, 9.17) is 5.26 Å². The minimum Gasteiger partial charge on any atom is -0.356 e. The van der Waals surface area contributed by atoms with Crippen molar-refractivity contribution in [3.8, 4) is 6.07 Å². The highest BCUT2D eigenvalue weighted by molar-refractivity contribution is 14.0. The molecule has 7 heteroatoms. The number of rotatable bonds is 6. The average molecular weight is 531 g/mol. The van der Waals surface area contributed by atoms with Crippen LogP contribution in [0.5, 0.6) is 0 Å². The van der Waals surface area contributed by atoms with Gasteiger partial charge in [0.15, 0.2) is 5.96 Å². The molecule has 0 spiro atoms. The van der Waals surface area contributed by atoms with Crippen LogP contribution in [0.1, 0.15) is 23.1 Å². The topological polar surface area (TPSA) is 60.2 Å². The molecular weight excluding hydrogens is 510 g/mol. The summed E-state index contributed by atoms with van der Waals surface area (Å²) in [6.45, 7) is 1.27. The number of halogens is 3. The monoisotopic (exact) mass is 530 g/mol. The normalized spacial score (nSPS) is 10.6. The summed E-state index contributed by atoms with van der Waals surface area (Å²) in [6.07, 6.45) is 1.45. The maximum atomic E-state index is 13.8. The summed E-state index contributed by atoms with van der Waals surface area (Å²) in [5.41, 5.74) is 2.36. The van der Waals surface area contributed by atoms with Gasteiger partial charge in [-0.15, -0.1) is 24.0 Å². The van der Waals surface area contributed by atoms with Gasteiger partial charge in [0.25, 0.3) is 0 Å². The van der Waals surface area contributed by atoms with Gasteiger partial charge in [-0.2, -0.15) is 5.26 Å². The van der Waals surface area contributed by atoms with Crippen LogP contribution in [0.15, 0.2) is 51.9 Å². The number of nitrogens with one attached hydrogen (secondary N) is 2. The Kier molecular flexibility index (Phi) is 10.2. The molecular formula is C19H21BrFIN4. The van der Waals surface area contributed by atoms with Crippen LogP contribution in [-0.4, -0.2) is 19.6 Å². The molecule has 2 aromatic rings. The highest BCUT2D eigenvalue weighted by Crippen LogP contribution is 2.16. The van der Waals surface area contributed by atoms with E-state index in [9.17, 15) is 4.39 Å². The van der Waals surface area contributed by atoms with E-state index in [1.807, 2.05) is 24.3 Å². The summed E-state index contributed by atoms with van der Waals surface area (Å²) in [7, 11) is 1.70. The molecule has 0 heterocycles. The van der Waals surface area contributed by atoms with E-state index in [0.29, 0.717) is 36.6 Å². The second-order valence-corrected chi connectivity index (χ2v) is 6.42. The molecule has 0 amide bonds. The third-order valence-corrected chi connectivity index (χ3v) is 4.16. The average Bonchev–Trinajstić information content (AvgIpc) is 2.62. The molecule has 0 fully saturated rings. The molecule has 0 aromatic heterocycles. The minimum absolute atomic E-state index is 0. The first-order chi connectivity index (χ1) is 12.1. The number of aryl methyl sites for hydroxylation is 1. The summed E-state index contributed by atoms with van der Waals surface area (Å²) in [4.78, 5) is 4.17. The number of hydrogen-bond donors (Lipinski definition) is 2. The van der Waals surface area contributed by atoms with Gasteiger partial charge in [-0.05, 0) is 48.2 Å². The Hall–Kier alpha value is -1.66. The number of nitrogens with zero attached hydrogens (tertiary/aromatic N) is 2. The maximum Gasteiger partial charge on any atom is 0.191 e. The zero-order valence-corrected chi connectivity index (χ0v) is 18.3. The van der Waals surface area contributed by atoms with Crippen molar-refractivity contribution in [1.82, 2.24) is 10.6 Å². The fourth-order valence-corrected chi connectivity index (χ4v) is 2.70. The number of hydrogen-bond acceptors (Lipinski definition) is 2. The van der Waals surface area contributed by atoms with E-state index in [-0.39, 0.29) is 29.8 Å². The molecule has 0 aliphatic carbocycles. The van der Waals surface area contributed by atoms with Gasteiger partial charge in [0, 0.05) is 24.6 Å². The van der Waals surface area contributed by atoms with Gasteiger partial charge >= 0.3 is 0 Å². The van der Waals surface area contributed by atoms with Crippen LogP contribution in [0, 0.1) is 17.1 Å². The van der Waals surface area contributed by atoms with Crippen molar-refractivity contribution < 1.29 is 4.39 Å². The summed E-state index contributed by atoms with van der Waals surface area (Å²) >= 11 is 3.26. The standard InChI is InChI=1S/C19H20BrFN4.HI/c1-23-19(25-13-15-5-2-4-14(10-15)12-22)24-9-3-6-16-7-8-17(20)11-18(16)21;/h2,4-5,7-8,10-11H,3,6,9,13H2,1H3,(H2,23,24,25);1H. The highest BCUT2D eigenvalue weighted by atomic mass is 127. The van der Waals surface area contributed by atoms with E-state index < -0.39 is 0 Å². The molecule has 0 saturated carbocycles. The predicted octanol–water partition coefficient (Wildman–Crippen LogP) is 4.38. The van der Waals surface area contributed by atoms with Crippen LogP contribution in [-0.2, 0) is 13.0 Å². The summed E-state index contributed by atoms with van der Waals surface area (Å²) in [5, 5.41) is 15.3. The van der Waals surface area contributed by atoms with Crippen molar-refractivity contribution in [3.05, 3.63) is 69.4 Å². The molecule has 0 atom stereocenters. The van der Waals surface area contributed by atoms with Crippen molar-refractivity contribution in [2.45, 2.75) is 19.4 Å². The van der Waals surface area contributed by atoms with E-state index in [1.54, 1.807) is 19.2 Å². The first-order valence-corrected chi connectivity index (χ1v) is 8.79. The third-order valence-electron chi connectivity index (χ3n) is 3.67. The zero-order chi connectivity index (χ0) is 18.1. The van der Waals surface area contributed by atoms with Gasteiger partial charge in [0.2, 0.25) is 0 Å².